The number of hydrogen-bond donors (Lipinski definition) is 2. The number of carbonyl (C=O) groups excluding carboxylic acids is 1. The highest BCUT2D eigenvalue weighted by Crippen LogP contribution is 2.46. The fourth-order valence-electron chi connectivity index (χ4n) is 5.59. The Morgan fingerprint density at radius 3 is 2.48 bits per heavy atom. The van der Waals surface area contributed by atoms with Crippen LogP contribution in [0.5, 0.6) is 17.2 Å². The van der Waals surface area contributed by atoms with Gasteiger partial charge in [0.25, 0.3) is 5.91 Å². The quantitative estimate of drug-likeness (QED) is 0.0687. The predicted octanol–water partition coefficient (Wildman–Crippen LogP) is 6.88. The van der Waals surface area contributed by atoms with Gasteiger partial charge in [-0.05, 0) is 58.6 Å². The molecule has 14 nitrogen and oxygen atoms in total. The van der Waals surface area contributed by atoms with E-state index < -0.39 is 17.6 Å². The van der Waals surface area contributed by atoms with Gasteiger partial charge in [0.15, 0.2) is 23.1 Å². The molecule has 14 heteroatoms. The molecule has 0 radical (unpaired) electrons. The molecule has 0 spiro atoms. The maximum absolute atomic E-state index is 14.7. The van der Waals surface area contributed by atoms with Crippen LogP contribution in [0.15, 0.2) is 106 Å². The summed E-state index contributed by atoms with van der Waals surface area (Å²) < 4.78 is 23.2. The summed E-state index contributed by atoms with van der Waals surface area (Å²) >= 11 is 0. The van der Waals surface area contributed by atoms with Crippen LogP contribution in [0.3, 0.4) is 0 Å². The van der Waals surface area contributed by atoms with Crippen molar-refractivity contribution in [2.45, 2.75) is 31.0 Å². The molecular weight excluding hydrogens is 616 g/mol. The molecule has 0 fully saturated rings. The molecule has 48 heavy (non-hydrogen) atoms. The molecule has 2 heterocycles. The summed E-state index contributed by atoms with van der Waals surface area (Å²) in [4.78, 5) is 25.7. The molecule has 0 bridgehead atoms. The van der Waals surface area contributed by atoms with Crippen molar-refractivity contribution >= 4 is 23.2 Å². The Bertz CT molecular complexity index is 1940. The third kappa shape index (κ3) is 6.67. The Hall–Kier alpha value is -6.20. The maximum atomic E-state index is 14.7. The summed E-state index contributed by atoms with van der Waals surface area (Å²) in [6.45, 7) is 0.617. The number of carbonyl (C=O) groups is 1. The average Bonchev–Trinajstić information content (AvgIpc) is 3.74. The standard InChI is InChI=1S/C34H30N8O6/c35-41-39-27-8-3-1-6-24(27)19-34(33(44)37-20-22-10-15-29-30(18-22)47-21-46-29)31(26-7-2-4-9-28(26)40-42-36)48-32(38-34)23-11-13-25(14-12-23)45-17-5-16-43/h1-4,6-15,18,31,43H,5,16-17,19-21H2,(H,37,44)/t31-,34-/m1/s1. The molecule has 0 aliphatic carbocycles. The number of amides is 1. The highest BCUT2D eigenvalue weighted by atomic mass is 16.7. The largest absolute Gasteiger partial charge is 0.494 e. The third-order valence-electron chi connectivity index (χ3n) is 7.90. The molecular formula is C34H30N8O6. The van der Waals surface area contributed by atoms with Crippen LogP contribution in [0.4, 0.5) is 11.4 Å². The molecule has 6 rings (SSSR count). The fraction of sp³-hybridized carbons (Fsp3) is 0.235. The number of aliphatic hydroxyl groups excluding tert-OH is 1. The van der Waals surface area contributed by atoms with Gasteiger partial charge in [0.1, 0.15) is 5.75 Å². The van der Waals surface area contributed by atoms with E-state index in [0.717, 1.165) is 5.56 Å². The third-order valence-corrected chi connectivity index (χ3v) is 7.90. The van der Waals surface area contributed by atoms with Crippen LogP contribution in [0.1, 0.15) is 34.8 Å². The van der Waals surface area contributed by atoms with E-state index in [1.54, 1.807) is 84.9 Å². The maximum Gasteiger partial charge on any atom is 0.252 e. The van der Waals surface area contributed by atoms with Crippen LogP contribution < -0.4 is 19.5 Å². The first kappa shape index (κ1) is 31.8. The van der Waals surface area contributed by atoms with Crippen molar-refractivity contribution in [1.82, 2.24) is 5.32 Å². The summed E-state index contributed by atoms with van der Waals surface area (Å²) in [5.74, 6) is 1.49. The van der Waals surface area contributed by atoms with Gasteiger partial charge < -0.3 is 29.4 Å². The molecule has 242 valence electrons. The van der Waals surface area contributed by atoms with E-state index in [9.17, 15) is 15.9 Å². The number of aliphatic imine (C=N–C) groups is 1. The van der Waals surface area contributed by atoms with Gasteiger partial charge in [0, 0.05) is 58.3 Å². The van der Waals surface area contributed by atoms with Crippen LogP contribution in [0.2, 0.25) is 0 Å². The monoisotopic (exact) mass is 646 g/mol. The van der Waals surface area contributed by atoms with Crippen molar-refractivity contribution in [2.75, 3.05) is 20.0 Å². The van der Waals surface area contributed by atoms with Gasteiger partial charge in [-0.2, -0.15) is 0 Å². The van der Waals surface area contributed by atoms with Crippen molar-refractivity contribution in [2.24, 2.45) is 15.2 Å². The smallest absolute Gasteiger partial charge is 0.252 e. The number of aliphatic hydroxyl groups is 1. The minimum absolute atomic E-state index is 0.0169. The molecule has 0 saturated carbocycles. The Kier molecular flexibility index (Phi) is 9.59. The van der Waals surface area contributed by atoms with Crippen molar-refractivity contribution in [3.8, 4) is 17.2 Å². The summed E-state index contributed by atoms with van der Waals surface area (Å²) in [5.41, 5.74) is 20.0. The Labute approximate surface area is 274 Å². The number of benzene rings is 4. The van der Waals surface area contributed by atoms with E-state index in [0.29, 0.717) is 52.7 Å². The van der Waals surface area contributed by atoms with Gasteiger partial charge in [0.2, 0.25) is 12.7 Å². The zero-order valence-corrected chi connectivity index (χ0v) is 25.6. The SMILES string of the molecule is [N-]=[N+]=Nc1ccccc1C[C@@]1(C(=O)NCc2ccc3c(c2)OCO3)N=C(c2ccc(OCCCO)cc2)O[C@@H]1c1ccccc1N=[N+]=[N-]. The van der Waals surface area contributed by atoms with E-state index in [1.165, 1.54) is 0 Å². The Morgan fingerprint density at radius 2 is 1.69 bits per heavy atom. The molecule has 0 unspecified atom stereocenters. The lowest BCUT2D eigenvalue weighted by atomic mass is 9.81. The normalized spacial score (nSPS) is 17.4. The summed E-state index contributed by atoms with van der Waals surface area (Å²) in [7, 11) is 0. The first-order valence-electron chi connectivity index (χ1n) is 15.1. The Morgan fingerprint density at radius 1 is 0.958 bits per heavy atom. The second-order valence-corrected chi connectivity index (χ2v) is 10.9. The average molecular weight is 647 g/mol. The highest BCUT2D eigenvalue weighted by Gasteiger charge is 2.54. The summed E-state index contributed by atoms with van der Waals surface area (Å²) in [6, 6.07) is 26.2. The lowest BCUT2D eigenvalue weighted by Crippen LogP contribution is -2.49. The topological polar surface area (TPSA) is 196 Å². The van der Waals surface area contributed by atoms with E-state index in [-0.39, 0.29) is 38.0 Å². The van der Waals surface area contributed by atoms with E-state index >= 15 is 0 Å². The predicted molar refractivity (Wildman–Crippen MR) is 175 cm³/mol. The van der Waals surface area contributed by atoms with Crippen LogP contribution in [-0.2, 0) is 22.5 Å². The van der Waals surface area contributed by atoms with Crippen LogP contribution in [0.25, 0.3) is 20.9 Å². The second-order valence-electron chi connectivity index (χ2n) is 10.9. The molecule has 2 aliphatic rings. The van der Waals surface area contributed by atoms with Crippen molar-refractivity contribution in [3.63, 3.8) is 0 Å². The first-order valence-corrected chi connectivity index (χ1v) is 15.1. The van der Waals surface area contributed by atoms with Crippen LogP contribution >= 0.6 is 0 Å². The lowest BCUT2D eigenvalue weighted by molar-refractivity contribution is -0.129. The first-order chi connectivity index (χ1) is 23.5. The number of azide groups is 2. The lowest BCUT2D eigenvalue weighted by Gasteiger charge is -2.32. The summed E-state index contributed by atoms with van der Waals surface area (Å²) in [6.07, 6.45) is -0.605. The molecule has 1 amide bonds. The van der Waals surface area contributed by atoms with Gasteiger partial charge in [-0.25, -0.2) is 4.99 Å². The van der Waals surface area contributed by atoms with Crippen LogP contribution in [0, 0.1) is 0 Å². The number of hydrogen-bond acceptors (Lipinski definition) is 9. The zero-order chi connectivity index (χ0) is 33.3. The van der Waals surface area contributed by atoms with Gasteiger partial charge in [0.05, 0.1) is 6.61 Å². The van der Waals surface area contributed by atoms with E-state index in [1.807, 2.05) is 6.07 Å². The molecule has 4 aromatic rings. The number of ether oxygens (including phenoxy) is 4. The molecule has 2 N–H and O–H groups in total. The van der Waals surface area contributed by atoms with Gasteiger partial charge in [-0.15, -0.1) is 0 Å². The van der Waals surface area contributed by atoms with Crippen molar-refractivity contribution < 1.29 is 28.8 Å². The highest BCUT2D eigenvalue weighted by molar-refractivity contribution is 6.01. The number of fused-ring (bicyclic) bond motifs is 1. The van der Waals surface area contributed by atoms with Gasteiger partial charge in [-0.1, -0.05) is 64.8 Å². The number of rotatable bonds is 13. The van der Waals surface area contributed by atoms with Crippen molar-refractivity contribution in [3.05, 3.63) is 134 Å². The van der Waals surface area contributed by atoms with E-state index in [4.69, 9.17) is 29.0 Å². The van der Waals surface area contributed by atoms with Gasteiger partial charge in [-0.3, -0.25) is 4.79 Å². The van der Waals surface area contributed by atoms with Crippen molar-refractivity contribution in [1.29, 1.82) is 0 Å². The number of nitrogens with zero attached hydrogens (tertiary/aromatic N) is 7. The zero-order valence-electron chi connectivity index (χ0n) is 25.6. The molecule has 0 aromatic heterocycles. The minimum Gasteiger partial charge on any atom is -0.494 e. The number of nitrogens with one attached hydrogen (secondary N) is 1. The van der Waals surface area contributed by atoms with Crippen LogP contribution in [-0.4, -0.2) is 42.5 Å². The molecule has 0 saturated heterocycles. The van der Waals surface area contributed by atoms with Gasteiger partial charge >= 0.3 is 0 Å². The second kappa shape index (κ2) is 14.5. The molecule has 4 aromatic carbocycles. The molecule has 2 aliphatic heterocycles. The minimum atomic E-state index is -1.66. The Balaban J connectivity index is 1.45. The fourth-order valence-corrected chi connectivity index (χ4v) is 5.59. The van der Waals surface area contributed by atoms with E-state index in [2.05, 4.69) is 25.4 Å². The summed E-state index contributed by atoms with van der Waals surface area (Å²) in [5, 5.41) is 19.9. The molecule has 2 atom stereocenters.